The van der Waals surface area contributed by atoms with Gasteiger partial charge in [-0.3, -0.25) is 14.4 Å². The van der Waals surface area contributed by atoms with E-state index in [2.05, 4.69) is 17.7 Å². The van der Waals surface area contributed by atoms with Crippen LogP contribution < -0.4 is 10.8 Å². The van der Waals surface area contributed by atoms with Crippen molar-refractivity contribution in [3.05, 3.63) is 143 Å². The lowest BCUT2D eigenvalue weighted by molar-refractivity contribution is -0.142. The molecule has 0 atom stereocenters. The zero-order valence-corrected chi connectivity index (χ0v) is 21.0. The average Bonchev–Trinajstić information content (AvgIpc) is 2.97. The predicted octanol–water partition coefficient (Wildman–Crippen LogP) is 5.80. The Kier molecular flexibility index (Phi) is 8.84. The van der Waals surface area contributed by atoms with Crippen LogP contribution in [0.5, 0.6) is 0 Å². The van der Waals surface area contributed by atoms with Crippen LogP contribution in [0.4, 0.5) is 0 Å². The van der Waals surface area contributed by atoms with Crippen molar-refractivity contribution in [2.45, 2.75) is 31.8 Å². The molecule has 5 heteroatoms. The maximum absolute atomic E-state index is 12.8. The number of carbonyl (C=O) groups is 2. The van der Waals surface area contributed by atoms with E-state index in [1.54, 1.807) is 12.1 Å². The molecule has 0 radical (unpaired) electrons. The van der Waals surface area contributed by atoms with Gasteiger partial charge in [-0.2, -0.15) is 0 Å². The molecule has 5 nitrogen and oxygen atoms in total. The summed E-state index contributed by atoms with van der Waals surface area (Å²) in [6.07, 6.45) is 3.23. The molecule has 0 heterocycles. The average molecular weight is 493 g/mol. The number of benzene rings is 4. The summed E-state index contributed by atoms with van der Waals surface area (Å²) in [5, 5.41) is 2.69. The Hall–Kier alpha value is -4.22. The quantitative estimate of drug-likeness (QED) is 0.205. The van der Waals surface area contributed by atoms with Gasteiger partial charge in [0.05, 0.1) is 6.54 Å². The van der Waals surface area contributed by atoms with E-state index in [-0.39, 0.29) is 12.5 Å². The Morgan fingerprint density at radius 1 is 0.703 bits per heavy atom. The van der Waals surface area contributed by atoms with Gasteiger partial charge in [0, 0.05) is 5.56 Å². The third-order valence-corrected chi connectivity index (χ3v) is 6.30. The molecule has 0 aliphatic carbocycles. The maximum atomic E-state index is 12.8. The highest BCUT2D eigenvalue weighted by Crippen LogP contribution is 2.39. The van der Waals surface area contributed by atoms with Crippen molar-refractivity contribution >= 4 is 11.8 Å². The Morgan fingerprint density at radius 2 is 1.19 bits per heavy atom. The molecule has 2 N–H and O–H groups in total. The number of unbranched alkanes of at least 4 members (excludes halogenated alkanes) is 1. The van der Waals surface area contributed by atoms with Crippen LogP contribution in [0.2, 0.25) is 0 Å². The maximum Gasteiger partial charge on any atom is 0.262 e. The molecule has 0 spiro atoms. The van der Waals surface area contributed by atoms with Gasteiger partial charge < -0.3 is 5.32 Å². The van der Waals surface area contributed by atoms with Crippen molar-refractivity contribution in [3.63, 3.8) is 0 Å². The molecule has 2 amide bonds. The third kappa shape index (κ3) is 6.32. The Bertz CT molecular complexity index is 1180. The van der Waals surface area contributed by atoms with E-state index in [0.29, 0.717) is 5.56 Å². The fourth-order valence-corrected chi connectivity index (χ4v) is 4.33. The predicted molar refractivity (Wildman–Crippen MR) is 146 cm³/mol. The lowest BCUT2D eigenvalue weighted by Gasteiger charge is -2.35. The molecule has 4 rings (SSSR count). The highest BCUT2D eigenvalue weighted by atomic mass is 16.7. The van der Waals surface area contributed by atoms with Crippen molar-refractivity contribution in [3.8, 4) is 0 Å². The number of hydrogen-bond acceptors (Lipinski definition) is 3. The van der Waals surface area contributed by atoms with Crippen LogP contribution in [0, 0.1) is 0 Å². The molecule has 0 saturated carbocycles. The van der Waals surface area contributed by atoms with Crippen molar-refractivity contribution < 1.29 is 14.4 Å². The van der Waals surface area contributed by atoms with Crippen LogP contribution in [-0.2, 0) is 21.7 Å². The molecular weight excluding hydrogens is 460 g/mol. The summed E-state index contributed by atoms with van der Waals surface area (Å²) in [6, 6.07) is 36.8. The van der Waals surface area contributed by atoms with Crippen LogP contribution >= 0.6 is 0 Å². The number of carbonyl (C=O) groups excluding carboxylic acids is 2. The molecule has 0 aromatic heterocycles. The second-order valence-corrected chi connectivity index (χ2v) is 8.89. The summed E-state index contributed by atoms with van der Waals surface area (Å²) >= 11 is 0. The van der Waals surface area contributed by atoms with Crippen molar-refractivity contribution in [1.29, 1.82) is 0 Å². The van der Waals surface area contributed by atoms with Crippen LogP contribution in [0.15, 0.2) is 115 Å². The largest absolute Gasteiger partial charge is 0.343 e. The molecule has 0 unspecified atom stereocenters. The molecular formula is C32H32N2O3. The van der Waals surface area contributed by atoms with E-state index < -0.39 is 11.5 Å². The van der Waals surface area contributed by atoms with Gasteiger partial charge in [0.25, 0.3) is 11.8 Å². The minimum atomic E-state index is -1.09. The van der Waals surface area contributed by atoms with Gasteiger partial charge in [0.1, 0.15) is 0 Å². The molecule has 0 aliphatic heterocycles. The van der Waals surface area contributed by atoms with Crippen molar-refractivity contribution in [1.82, 2.24) is 10.8 Å². The van der Waals surface area contributed by atoms with Gasteiger partial charge in [-0.05, 0) is 47.2 Å². The molecule has 4 aromatic rings. The topological polar surface area (TPSA) is 67.4 Å². The molecule has 4 aromatic carbocycles. The van der Waals surface area contributed by atoms with Gasteiger partial charge in [-0.25, -0.2) is 5.48 Å². The minimum Gasteiger partial charge on any atom is -0.343 e. The summed E-state index contributed by atoms with van der Waals surface area (Å²) in [4.78, 5) is 31.7. The van der Waals surface area contributed by atoms with Crippen LogP contribution in [0.3, 0.4) is 0 Å². The number of nitrogens with one attached hydrogen (secondary N) is 2. The van der Waals surface area contributed by atoms with E-state index >= 15 is 0 Å². The number of rotatable bonds is 11. The minimum absolute atomic E-state index is 0.217. The molecule has 0 aliphatic rings. The molecule has 0 bridgehead atoms. The summed E-state index contributed by atoms with van der Waals surface area (Å²) in [5.74, 6) is -0.766. The van der Waals surface area contributed by atoms with Crippen molar-refractivity contribution in [2.24, 2.45) is 0 Å². The lowest BCUT2D eigenvalue weighted by atomic mass is 9.80. The smallest absolute Gasteiger partial charge is 0.262 e. The van der Waals surface area contributed by atoms with Gasteiger partial charge >= 0.3 is 0 Å². The SMILES string of the molecule is CCCCc1ccc(C(=O)NCC(=O)NOC(c2ccccc2)(c2ccccc2)c2ccccc2)cc1. The lowest BCUT2D eigenvalue weighted by Crippen LogP contribution is -2.44. The fraction of sp³-hybridized carbons (Fsp3) is 0.188. The first kappa shape index (κ1) is 25.9. The van der Waals surface area contributed by atoms with Crippen LogP contribution in [-0.4, -0.2) is 18.4 Å². The van der Waals surface area contributed by atoms with Gasteiger partial charge in [0.2, 0.25) is 0 Å². The van der Waals surface area contributed by atoms with Gasteiger partial charge in [-0.15, -0.1) is 0 Å². The van der Waals surface area contributed by atoms with Gasteiger partial charge in [-0.1, -0.05) is 116 Å². The highest BCUT2D eigenvalue weighted by molar-refractivity contribution is 5.96. The first-order valence-electron chi connectivity index (χ1n) is 12.6. The van der Waals surface area contributed by atoms with Crippen molar-refractivity contribution in [2.75, 3.05) is 6.54 Å². The Morgan fingerprint density at radius 3 is 1.65 bits per heavy atom. The standard InChI is InChI=1S/C32H32N2O3/c1-2-3-13-25-20-22-26(23-21-25)31(36)33-24-30(35)34-37-32(27-14-7-4-8-15-27,28-16-9-5-10-17-28)29-18-11-6-12-19-29/h4-12,14-23H,2-3,13,24H2,1H3,(H,33,36)(H,34,35). The summed E-state index contributed by atoms with van der Waals surface area (Å²) in [6.45, 7) is 1.94. The fourth-order valence-electron chi connectivity index (χ4n) is 4.33. The zero-order chi connectivity index (χ0) is 25.9. The van der Waals surface area contributed by atoms with Crippen LogP contribution in [0.25, 0.3) is 0 Å². The third-order valence-electron chi connectivity index (χ3n) is 6.30. The van der Waals surface area contributed by atoms with E-state index in [4.69, 9.17) is 4.84 Å². The molecule has 188 valence electrons. The first-order valence-corrected chi connectivity index (χ1v) is 12.6. The second kappa shape index (κ2) is 12.7. The Balaban J connectivity index is 1.50. The molecule has 37 heavy (non-hydrogen) atoms. The first-order chi connectivity index (χ1) is 18.1. The monoisotopic (exact) mass is 492 g/mol. The highest BCUT2D eigenvalue weighted by Gasteiger charge is 2.39. The molecule has 0 saturated heterocycles. The zero-order valence-electron chi connectivity index (χ0n) is 21.0. The van der Waals surface area contributed by atoms with E-state index in [9.17, 15) is 9.59 Å². The van der Waals surface area contributed by atoms with Crippen LogP contribution in [0.1, 0.15) is 52.4 Å². The number of hydrogen-bond donors (Lipinski definition) is 2. The van der Waals surface area contributed by atoms with E-state index in [0.717, 1.165) is 36.0 Å². The second-order valence-electron chi connectivity index (χ2n) is 8.89. The summed E-state index contributed by atoms with van der Waals surface area (Å²) < 4.78 is 0. The molecule has 0 fully saturated rings. The van der Waals surface area contributed by atoms with E-state index in [1.165, 1.54) is 5.56 Å². The Labute approximate surface area is 218 Å². The number of amides is 2. The number of aryl methyl sites for hydroxylation is 1. The van der Waals surface area contributed by atoms with Gasteiger partial charge in [0.15, 0.2) is 5.60 Å². The normalized spacial score (nSPS) is 11.1. The van der Waals surface area contributed by atoms with E-state index in [1.807, 2.05) is 103 Å². The summed E-state index contributed by atoms with van der Waals surface area (Å²) in [5.41, 5.74) is 5.81. The number of hydroxylamine groups is 1. The summed E-state index contributed by atoms with van der Waals surface area (Å²) in [7, 11) is 0.